The van der Waals surface area contributed by atoms with E-state index in [-0.39, 0.29) is 5.92 Å². The van der Waals surface area contributed by atoms with Gasteiger partial charge in [-0.1, -0.05) is 0 Å². The van der Waals surface area contributed by atoms with Gasteiger partial charge in [0.25, 0.3) is 5.95 Å². The summed E-state index contributed by atoms with van der Waals surface area (Å²) in [6.45, 7) is 6.43. The summed E-state index contributed by atoms with van der Waals surface area (Å²) in [6.07, 6.45) is 2.00. The van der Waals surface area contributed by atoms with E-state index in [4.69, 9.17) is 9.47 Å². The highest BCUT2D eigenvalue weighted by molar-refractivity contribution is 5.92. The van der Waals surface area contributed by atoms with E-state index in [1.807, 2.05) is 0 Å². The highest BCUT2D eigenvalue weighted by Crippen LogP contribution is 2.38. The maximum absolute atomic E-state index is 12.2. The lowest BCUT2D eigenvalue weighted by molar-refractivity contribution is -0.176. The molecule has 4 saturated heterocycles. The van der Waals surface area contributed by atoms with Gasteiger partial charge in [-0.15, -0.1) is 0 Å². The number of rotatable bonds is 0. The Labute approximate surface area is 88.8 Å². The third-order valence-corrected chi connectivity index (χ3v) is 3.87. The third-order valence-electron chi connectivity index (χ3n) is 3.87. The quantitative estimate of drug-likeness (QED) is 0.583. The number of ether oxygens (including phenoxy) is 2. The Balaban J connectivity index is 1.90. The molecule has 4 aliphatic heterocycles. The lowest BCUT2D eigenvalue weighted by atomic mass is 9.73. The molecule has 0 atom stereocenters. The fourth-order valence-electron chi connectivity index (χ4n) is 2.91. The molecule has 15 heavy (non-hydrogen) atoms. The van der Waals surface area contributed by atoms with Gasteiger partial charge in [-0.25, -0.2) is 0 Å². The molecular weight excluding hydrogens is 194 g/mol. The SMILES string of the molecule is C=C1OCC2(CO1)C(=O)C1CCN2CC1. The van der Waals surface area contributed by atoms with Crippen LogP contribution in [0.25, 0.3) is 0 Å². The van der Waals surface area contributed by atoms with E-state index in [2.05, 4.69) is 11.5 Å². The normalized spacial score (nSPS) is 37.6. The number of carbonyl (C=O) groups is 1. The van der Waals surface area contributed by atoms with Gasteiger partial charge in [0.1, 0.15) is 18.8 Å². The number of hydrogen-bond donors (Lipinski definition) is 0. The minimum absolute atomic E-state index is 0.230. The molecule has 82 valence electrons. The van der Waals surface area contributed by atoms with Crippen molar-refractivity contribution in [1.29, 1.82) is 0 Å². The van der Waals surface area contributed by atoms with E-state index in [0.717, 1.165) is 25.9 Å². The summed E-state index contributed by atoms with van der Waals surface area (Å²) >= 11 is 0. The Bertz CT molecular complexity index is 308. The molecule has 0 N–H and O–H groups in total. The molecular formula is C11H15NO3. The first kappa shape index (κ1) is 9.21. The Hall–Kier alpha value is -1.03. The summed E-state index contributed by atoms with van der Waals surface area (Å²) in [5.74, 6) is 0.886. The number of nitrogens with zero attached hydrogens (tertiary/aromatic N) is 1. The van der Waals surface area contributed by atoms with Crippen molar-refractivity contribution < 1.29 is 14.3 Å². The molecule has 4 heterocycles. The fraction of sp³-hybridized carbons (Fsp3) is 0.727. The van der Waals surface area contributed by atoms with Gasteiger partial charge in [-0.2, -0.15) is 0 Å². The van der Waals surface area contributed by atoms with Gasteiger partial charge in [0.2, 0.25) is 0 Å². The lowest BCUT2D eigenvalue weighted by Crippen LogP contribution is -2.70. The Kier molecular flexibility index (Phi) is 1.83. The van der Waals surface area contributed by atoms with Crippen LogP contribution in [0.15, 0.2) is 12.5 Å². The average Bonchev–Trinajstić information content (AvgIpc) is 2.29. The van der Waals surface area contributed by atoms with Gasteiger partial charge in [0.15, 0.2) is 5.78 Å². The van der Waals surface area contributed by atoms with Gasteiger partial charge in [0, 0.05) is 19.0 Å². The van der Waals surface area contributed by atoms with Crippen molar-refractivity contribution in [2.24, 2.45) is 5.92 Å². The number of Topliss-reactive ketones (excluding diaryl/α,β-unsaturated/α-hetero) is 1. The van der Waals surface area contributed by atoms with Crippen LogP contribution in [-0.2, 0) is 14.3 Å². The number of carbonyl (C=O) groups excluding carboxylic acids is 1. The van der Waals surface area contributed by atoms with E-state index >= 15 is 0 Å². The van der Waals surface area contributed by atoms with E-state index < -0.39 is 5.54 Å². The van der Waals surface area contributed by atoms with Crippen LogP contribution in [0.4, 0.5) is 0 Å². The van der Waals surface area contributed by atoms with Crippen LogP contribution in [0, 0.1) is 5.92 Å². The van der Waals surface area contributed by atoms with Crippen molar-refractivity contribution in [3.63, 3.8) is 0 Å². The van der Waals surface area contributed by atoms with Crippen molar-refractivity contribution in [1.82, 2.24) is 4.90 Å². The van der Waals surface area contributed by atoms with E-state index in [1.165, 1.54) is 0 Å². The maximum Gasteiger partial charge on any atom is 0.271 e. The van der Waals surface area contributed by atoms with E-state index in [0.29, 0.717) is 24.9 Å². The number of ketones is 1. The van der Waals surface area contributed by atoms with Crippen LogP contribution in [-0.4, -0.2) is 42.5 Å². The highest BCUT2D eigenvalue weighted by atomic mass is 16.7. The molecule has 0 saturated carbocycles. The molecule has 4 nitrogen and oxygen atoms in total. The first-order valence-corrected chi connectivity index (χ1v) is 5.46. The fourth-order valence-corrected chi connectivity index (χ4v) is 2.91. The smallest absolute Gasteiger partial charge is 0.271 e. The summed E-state index contributed by atoms with van der Waals surface area (Å²) in [7, 11) is 0. The topological polar surface area (TPSA) is 38.8 Å². The van der Waals surface area contributed by atoms with Crippen molar-refractivity contribution in [3.8, 4) is 0 Å². The summed E-state index contributed by atoms with van der Waals surface area (Å²) in [4.78, 5) is 14.5. The molecule has 0 aliphatic carbocycles. The maximum atomic E-state index is 12.2. The zero-order valence-corrected chi connectivity index (χ0v) is 8.70. The van der Waals surface area contributed by atoms with Crippen molar-refractivity contribution in [2.45, 2.75) is 18.4 Å². The molecule has 0 aromatic heterocycles. The monoisotopic (exact) mass is 209 g/mol. The van der Waals surface area contributed by atoms with Gasteiger partial charge in [0.05, 0.1) is 0 Å². The minimum atomic E-state index is -0.498. The van der Waals surface area contributed by atoms with Crippen LogP contribution in [0.1, 0.15) is 12.8 Å². The van der Waals surface area contributed by atoms with Crippen LogP contribution in [0.2, 0.25) is 0 Å². The number of piperidine rings is 3. The van der Waals surface area contributed by atoms with Gasteiger partial charge in [-0.3, -0.25) is 9.69 Å². The van der Waals surface area contributed by atoms with Crippen LogP contribution in [0.5, 0.6) is 0 Å². The molecule has 0 radical (unpaired) electrons. The molecule has 4 aliphatic rings. The predicted molar refractivity (Wildman–Crippen MR) is 53.1 cm³/mol. The number of hydrogen-bond acceptors (Lipinski definition) is 4. The van der Waals surface area contributed by atoms with Crippen molar-refractivity contribution >= 4 is 5.78 Å². The number of fused-ring (bicyclic) bond motifs is 2. The summed E-state index contributed by atoms with van der Waals surface area (Å²) < 4.78 is 10.6. The molecule has 0 unspecified atom stereocenters. The largest absolute Gasteiger partial charge is 0.463 e. The highest BCUT2D eigenvalue weighted by Gasteiger charge is 2.55. The van der Waals surface area contributed by atoms with Crippen LogP contribution < -0.4 is 0 Å². The molecule has 0 amide bonds. The molecule has 4 heteroatoms. The Morgan fingerprint density at radius 1 is 1.27 bits per heavy atom. The zero-order valence-electron chi connectivity index (χ0n) is 8.70. The second kappa shape index (κ2) is 2.98. The standard InChI is InChI=1S/C11H15NO3/c1-8-14-6-11(7-15-8)10(13)9-2-4-12(11)5-3-9/h9H,1-7H2. The molecule has 4 fully saturated rings. The van der Waals surface area contributed by atoms with E-state index in [9.17, 15) is 4.79 Å². The molecule has 0 aromatic carbocycles. The van der Waals surface area contributed by atoms with Crippen molar-refractivity contribution in [3.05, 3.63) is 12.5 Å². The zero-order chi connectivity index (χ0) is 10.5. The lowest BCUT2D eigenvalue weighted by Gasteiger charge is -2.53. The molecule has 1 spiro atoms. The first-order chi connectivity index (χ1) is 7.22. The van der Waals surface area contributed by atoms with Gasteiger partial charge in [-0.05, 0) is 19.4 Å². The van der Waals surface area contributed by atoms with Crippen LogP contribution >= 0.6 is 0 Å². The summed E-state index contributed by atoms with van der Waals surface area (Å²) in [5.41, 5.74) is -0.498. The Morgan fingerprint density at radius 2 is 1.87 bits per heavy atom. The molecule has 2 bridgehead atoms. The molecule has 4 rings (SSSR count). The van der Waals surface area contributed by atoms with E-state index in [1.54, 1.807) is 0 Å². The summed E-state index contributed by atoms with van der Waals surface area (Å²) in [6, 6.07) is 0. The molecule has 0 aromatic rings. The average molecular weight is 209 g/mol. The van der Waals surface area contributed by atoms with Crippen molar-refractivity contribution in [2.75, 3.05) is 26.3 Å². The predicted octanol–water partition coefficient (Wildman–Crippen LogP) is 0.538. The van der Waals surface area contributed by atoms with Gasteiger partial charge >= 0.3 is 0 Å². The van der Waals surface area contributed by atoms with Crippen LogP contribution in [0.3, 0.4) is 0 Å². The second-order valence-corrected chi connectivity index (χ2v) is 4.61. The first-order valence-electron chi connectivity index (χ1n) is 5.46. The second-order valence-electron chi connectivity index (χ2n) is 4.61. The Morgan fingerprint density at radius 3 is 2.40 bits per heavy atom. The van der Waals surface area contributed by atoms with Gasteiger partial charge < -0.3 is 9.47 Å². The minimum Gasteiger partial charge on any atom is -0.463 e. The summed E-state index contributed by atoms with van der Waals surface area (Å²) in [5, 5.41) is 0. The third kappa shape index (κ3) is 1.14.